The average molecular weight is 506 g/mol. The first-order chi connectivity index (χ1) is 17.3. The lowest BCUT2D eigenvalue weighted by Crippen LogP contribution is -2.31. The Bertz CT molecular complexity index is 1620. The minimum absolute atomic E-state index is 0.0834. The van der Waals surface area contributed by atoms with Crippen molar-refractivity contribution < 1.29 is 22.7 Å². The van der Waals surface area contributed by atoms with Crippen LogP contribution >= 0.6 is 0 Å². The van der Waals surface area contributed by atoms with E-state index in [9.17, 15) is 18.0 Å². The molecule has 0 aliphatic carbocycles. The minimum Gasteiger partial charge on any atom is -0.486 e. The molecular weight excluding hydrogens is 482 g/mol. The van der Waals surface area contributed by atoms with Crippen molar-refractivity contribution in [3.05, 3.63) is 94.3 Å². The van der Waals surface area contributed by atoms with E-state index in [0.717, 1.165) is 5.56 Å². The molecule has 1 aromatic heterocycles. The standard InChI is InChI=1S/C26H23N3O6S/c1-16(17-5-3-2-4-6-17)28-26(31)21-15-27-22-9-8-19(14-20(22)25(21)30)36(32,33)29-18-7-10-23-24(13-18)35-12-11-34-23/h2-10,13-16,29H,11-12H2,1H3,(H,27,30)(H,28,31)/t16-/m0/s1. The van der Waals surface area contributed by atoms with E-state index in [4.69, 9.17) is 9.47 Å². The molecule has 0 unspecified atom stereocenters. The topological polar surface area (TPSA) is 127 Å². The lowest BCUT2D eigenvalue weighted by atomic mass is 10.1. The van der Waals surface area contributed by atoms with Gasteiger partial charge in [-0.05, 0) is 42.8 Å². The van der Waals surface area contributed by atoms with Crippen LogP contribution in [0, 0.1) is 0 Å². The van der Waals surface area contributed by atoms with Gasteiger partial charge in [0.05, 0.1) is 16.6 Å². The van der Waals surface area contributed by atoms with Crippen LogP contribution < -0.4 is 24.9 Å². The third-order valence-electron chi connectivity index (χ3n) is 5.85. The largest absolute Gasteiger partial charge is 0.486 e. The Labute approximate surface area is 207 Å². The highest BCUT2D eigenvalue weighted by atomic mass is 32.2. The van der Waals surface area contributed by atoms with Crippen molar-refractivity contribution in [1.82, 2.24) is 10.3 Å². The van der Waals surface area contributed by atoms with Gasteiger partial charge in [-0.1, -0.05) is 30.3 Å². The van der Waals surface area contributed by atoms with Crippen LogP contribution in [0.4, 0.5) is 5.69 Å². The second kappa shape index (κ2) is 9.38. The number of H-pyrrole nitrogens is 1. The van der Waals surface area contributed by atoms with Gasteiger partial charge in [0, 0.05) is 23.2 Å². The minimum atomic E-state index is -4.04. The summed E-state index contributed by atoms with van der Waals surface area (Å²) in [5, 5.41) is 2.89. The first-order valence-corrected chi connectivity index (χ1v) is 12.7. The number of aromatic amines is 1. The molecule has 2 heterocycles. The Morgan fingerprint density at radius 2 is 1.72 bits per heavy atom. The summed E-state index contributed by atoms with van der Waals surface area (Å²) < 4.78 is 39.6. The summed E-state index contributed by atoms with van der Waals surface area (Å²) in [6.07, 6.45) is 1.33. The Morgan fingerprint density at radius 3 is 2.50 bits per heavy atom. The van der Waals surface area contributed by atoms with Crippen LogP contribution in [0.5, 0.6) is 11.5 Å². The molecule has 0 saturated heterocycles. The molecule has 1 atom stereocenters. The monoisotopic (exact) mass is 505 g/mol. The van der Waals surface area contributed by atoms with Crippen LogP contribution in [0.15, 0.2) is 82.6 Å². The fourth-order valence-electron chi connectivity index (χ4n) is 3.95. The molecule has 184 valence electrons. The van der Waals surface area contributed by atoms with Crippen LogP contribution in [0.1, 0.15) is 28.9 Å². The van der Waals surface area contributed by atoms with Gasteiger partial charge in [-0.25, -0.2) is 8.42 Å². The number of aromatic nitrogens is 1. The van der Waals surface area contributed by atoms with Crippen molar-refractivity contribution in [2.24, 2.45) is 0 Å². The van der Waals surface area contributed by atoms with Crippen molar-refractivity contribution >= 4 is 32.5 Å². The normalized spacial score (nSPS) is 13.7. The molecule has 1 amide bonds. The van der Waals surface area contributed by atoms with E-state index in [0.29, 0.717) is 30.2 Å². The number of sulfonamides is 1. The number of fused-ring (bicyclic) bond motifs is 2. The number of anilines is 1. The number of ether oxygens (including phenoxy) is 2. The Balaban J connectivity index is 1.43. The maximum Gasteiger partial charge on any atom is 0.261 e. The van der Waals surface area contributed by atoms with Gasteiger partial charge in [-0.3, -0.25) is 14.3 Å². The number of pyridine rings is 1. The van der Waals surface area contributed by atoms with Crippen molar-refractivity contribution in [2.75, 3.05) is 17.9 Å². The SMILES string of the molecule is C[C@H](NC(=O)c1c[nH]c2ccc(S(=O)(=O)Nc3ccc4c(c3)OCCO4)cc2c1=O)c1ccccc1. The molecule has 4 aromatic rings. The van der Waals surface area contributed by atoms with Gasteiger partial charge in [-0.2, -0.15) is 0 Å². The van der Waals surface area contributed by atoms with Gasteiger partial charge in [0.15, 0.2) is 11.5 Å². The van der Waals surface area contributed by atoms with Crippen LogP contribution in [0.2, 0.25) is 0 Å². The highest BCUT2D eigenvalue weighted by molar-refractivity contribution is 7.92. The number of benzene rings is 3. The molecule has 9 nitrogen and oxygen atoms in total. The van der Waals surface area contributed by atoms with E-state index in [1.165, 1.54) is 30.5 Å². The van der Waals surface area contributed by atoms with E-state index >= 15 is 0 Å². The summed E-state index contributed by atoms with van der Waals surface area (Å²) in [5.74, 6) is 0.419. The second-order valence-electron chi connectivity index (χ2n) is 8.31. The molecule has 0 spiro atoms. The predicted molar refractivity (Wildman–Crippen MR) is 135 cm³/mol. The lowest BCUT2D eigenvalue weighted by molar-refractivity contribution is 0.0938. The number of hydrogen-bond acceptors (Lipinski definition) is 6. The Morgan fingerprint density at radius 1 is 0.972 bits per heavy atom. The summed E-state index contributed by atoms with van der Waals surface area (Å²) in [6.45, 7) is 2.61. The highest BCUT2D eigenvalue weighted by Crippen LogP contribution is 2.33. The van der Waals surface area contributed by atoms with E-state index in [1.54, 1.807) is 12.1 Å². The van der Waals surface area contributed by atoms with Crippen LogP contribution in [-0.2, 0) is 10.0 Å². The third-order valence-corrected chi connectivity index (χ3v) is 7.23. The summed E-state index contributed by atoms with van der Waals surface area (Å²) in [4.78, 5) is 28.8. The third kappa shape index (κ3) is 4.63. The van der Waals surface area contributed by atoms with Gasteiger partial charge >= 0.3 is 0 Å². The van der Waals surface area contributed by atoms with Crippen molar-refractivity contribution in [3.63, 3.8) is 0 Å². The molecule has 5 rings (SSSR count). The Hall–Kier alpha value is -4.31. The van der Waals surface area contributed by atoms with E-state index in [1.807, 2.05) is 37.3 Å². The van der Waals surface area contributed by atoms with Gasteiger partial charge < -0.3 is 19.8 Å². The highest BCUT2D eigenvalue weighted by Gasteiger charge is 2.20. The zero-order valence-corrected chi connectivity index (χ0v) is 20.1. The first-order valence-electron chi connectivity index (χ1n) is 11.3. The number of hydrogen-bond donors (Lipinski definition) is 3. The van der Waals surface area contributed by atoms with Gasteiger partial charge in [0.25, 0.3) is 15.9 Å². The molecule has 0 bridgehead atoms. The smallest absolute Gasteiger partial charge is 0.261 e. The fourth-order valence-corrected chi connectivity index (χ4v) is 5.03. The van der Waals surface area contributed by atoms with Crippen LogP contribution in [0.3, 0.4) is 0 Å². The summed E-state index contributed by atoms with van der Waals surface area (Å²) in [7, 11) is -4.04. The number of carbonyl (C=O) groups excluding carboxylic acids is 1. The van der Waals surface area contributed by atoms with Crippen LogP contribution in [-0.4, -0.2) is 32.5 Å². The second-order valence-corrected chi connectivity index (χ2v) is 9.99. The molecule has 1 aliphatic heterocycles. The van der Waals surface area contributed by atoms with Gasteiger partial charge in [0.2, 0.25) is 5.43 Å². The molecule has 1 aliphatic rings. The maximum atomic E-state index is 13.2. The number of nitrogens with one attached hydrogen (secondary N) is 3. The molecular formula is C26H23N3O6S. The first kappa shape index (κ1) is 23.4. The Kier molecular flexibility index (Phi) is 6.11. The molecule has 0 saturated carbocycles. The van der Waals surface area contributed by atoms with E-state index in [-0.39, 0.29) is 27.6 Å². The molecule has 3 aromatic carbocycles. The quantitative estimate of drug-likeness (QED) is 0.368. The molecule has 10 heteroatoms. The summed E-state index contributed by atoms with van der Waals surface area (Å²) >= 11 is 0. The average Bonchev–Trinajstić information content (AvgIpc) is 2.89. The van der Waals surface area contributed by atoms with Crippen molar-refractivity contribution in [3.8, 4) is 11.5 Å². The summed E-state index contributed by atoms with van der Waals surface area (Å²) in [6, 6.07) is 17.9. The zero-order chi connectivity index (χ0) is 25.3. The van der Waals surface area contributed by atoms with Gasteiger partial charge in [-0.15, -0.1) is 0 Å². The van der Waals surface area contributed by atoms with Crippen molar-refractivity contribution in [1.29, 1.82) is 0 Å². The number of carbonyl (C=O) groups is 1. The molecule has 0 radical (unpaired) electrons. The predicted octanol–water partition coefficient (Wildman–Crippen LogP) is 3.59. The number of rotatable bonds is 6. The molecule has 3 N–H and O–H groups in total. The van der Waals surface area contributed by atoms with Crippen LogP contribution in [0.25, 0.3) is 10.9 Å². The fraction of sp³-hybridized carbons (Fsp3) is 0.154. The lowest BCUT2D eigenvalue weighted by Gasteiger charge is -2.19. The molecule has 0 fully saturated rings. The molecule has 36 heavy (non-hydrogen) atoms. The summed E-state index contributed by atoms with van der Waals surface area (Å²) in [5.41, 5.74) is 0.904. The van der Waals surface area contributed by atoms with Gasteiger partial charge in [0.1, 0.15) is 18.8 Å². The van der Waals surface area contributed by atoms with E-state index in [2.05, 4.69) is 15.0 Å². The zero-order valence-electron chi connectivity index (χ0n) is 19.3. The number of amides is 1. The van der Waals surface area contributed by atoms with E-state index < -0.39 is 21.4 Å². The van der Waals surface area contributed by atoms with Crippen molar-refractivity contribution in [2.45, 2.75) is 17.9 Å². The maximum absolute atomic E-state index is 13.2.